The zero-order chi connectivity index (χ0) is 12.1. The van der Waals surface area contributed by atoms with Crippen LogP contribution in [-0.2, 0) is 6.42 Å². The minimum absolute atomic E-state index is 0.264. The smallest absolute Gasteiger partial charge is 0.115 e. The van der Waals surface area contributed by atoms with Gasteiger partial charge in [-0.1, -0.05) is 18.2 Å². The maximum Gasteiger partial charge on any atom is 0.115 e. The molecule has 0 aliphatic heterocycles. The van der Waals surface area contributed by atoms with Gasteiger partial charge in [-0.2, -0.15) is 0 Å². The molecule has 1 atom stereocenters. The molecule has 0 amide bonds. The molecule has 0 fully saturated rings. The SMILES string of the molecule is NCC(Cc1cccnc1)c1ccc(O)cc1. The first kappa shape index (κ1) is 11.6. The molecule has 3 nitrogen and oxygen atoms in total. The first-order chi connectivity index (χ1) is 8.29. The molecule has 1 aromatic carbocycles. The van der Waals surface area contributed by atoms with E-state index in [1.165, 1.54) is 5.56 Å². The van der Waals surface area contributed by atoms with Gasteiger partial charge < -0.3 is 10.8 Å². The van der Waals surface area contributed by atoms with Gasteiger partial charge in [0, 0.05) is 18.3 Å². The third-order valence-corrected chi connectivity index (χ3v) is 2.85. The Bertz CT molecular complexity index is 453. The van der Waals surface area contributed by atoms with Gasteiger partial charge in [0.1, 0.15) is 5.75 Å². The number of aromatic hydroxyl groups is 1. The number of nitrogens with zero attached hydrogens (tertiary/aromatic N) is 1. The van der Waals surface area contributed by atoms with Gasteiger partial charge in [-0.25, -0.2) is 0 Å². The average Bonchev–Trinajstić information content (AvgIpc) is 2.38. The van der Waals surface area contributed by atoms with Crippen LogP contribution in [0.25, 0.3) is 0 Å². The normalized spacial score (nSPS) is 12.3. The van der Waals surface area contributed by atoms with E-state index in [0.717, 1.165) is 12.0 Å². The number of rotatable bonds is 4. The summed E-state index contributed by atoms with van der Waals surface area (Å²) in [4.78, 5) is 4.10. The number of benzene rings is 1. The fourth-order valence-corrected chi connectivity index (χ4v) is 1.89. The van der Waals surface area contributed by atoms with Crippen molar-refractivity contribution >= 4 is 0 Å². The molecule has 88 valence electrons. The Morgan fingerprint density at radius 3 is 2.53 bits per heavy atom. The second kappa shape index (κ2) is 5.46. The Morgan fingerprint density at radius 1 is 1.18 bits per heavy atom. The Labute approximate surface area is 101 Å². The number of hydrogen-bond acceptors (Lipinski definition) is 3. The van der Waals surface area contributed by atoms with E-state index in [4.69, 9.17) is 5.73 Å². The molecule has 0 radical (unpaired) electrons. The number of nitrogens with two attached hydrogens (primary N) is 1. The molecule has 2 rings (SSSR count). The van der Waals surface area contributed by atoms with Crippen LogP contribution in [0.15, 0.2) is 48.8 Å². The van der Waals surface area contributed by atoms with E-state index < -0.39 is 0 Å². The Balaban J connectivity index is 2.14. The lowest BCUT2D eigenvalue weighted by Gasteiger charge is -2.15. The van der Waals surface area contributed by atoms with Crippen molar-refractivity contribution in [2.75, 3.05) is 6.54 Å². The van der Waals surface area contributed by atoms with Crippen LogP contribution in [0.5, 0.6) is 5.75 Å². The first-order valence-corrected chi connectivity index (χ1v) is 5.67. The van der Waals surface area contributed by atoms with Crippen molar-refractivity contribution in [1.29, 1.82) is 0 Å². The molecule has 0 saturated heterocycles. The first-order valence-electron chi connectivity index (χ1n) is 5.67. The quantitative estimate of drug-likeness (QED) is 0.842. The van der Waals surface area contributed by atoms with Crippen LogP contribution >= 0.6 is 0 Å². The molecular weight excluding hydrogens is 212 g/mol. The number of phenols is 1. The largest absolute Gasteiger partial charge is 0.508 e. The molecule has 1 aromatic heterocycles. The molecule has 1 unspecified atom stereocenters. The molecule has 17 heavy (non-hydrogen) atoms. The van der Waals surface area contributed by atoms with E-state index in [0.29, 0.717) is 6.54 Å². The van der Waals surface area contributed by atoms with Gasteiger partial charge in [0.15, 0.2) is 0 Å². The van der Waals surface area contributed by atoms with Gasteiger partial charge in [-0.15, -0.1) is 0 Å². The van der Waals surface area contributed by atoms with E-state index in [-0.39, 0.29) is 11.7 Å². The van der Waals surface area contributed by atoms with Gasteiger partial charge in [-0.3, -0.25) is 4.98 Å². The predicted molar refractivity (Wildman–Crippen MR) is 67.8 cm³/mol. The molecule has 0 saturated carbocycles. The molecule has 3 heteroatoms. The van der Waals surface area contributed by atoms with Crippen molar-refractivity contribution < 1.29 is 5.11 Å². The number of phenolic OH excluding ortho intramolecular Hbond substituents is 1. The minimum atomic E-state index is 0.264. The highest BCUT2D eigenvalue weighted by atomic mass is 16.3. The van der Waals surface area contributed by atoms with Gasteiger partial charge in [0.25, 0.3) is 0 Å². The summed E-state index contributed by atoms with van der Waals surface area (Å²) < 4.78 is 0. The monoisotopic (exact) mass is 228 g/mol. The number of aromatic nitrogens is 1. The summed E-state index contributed by atoms with van der Waals surface area (Å²) in [7, 11) is 0. The molecule has 0 spiro atoms. The highest BCUT2D eigenvalue weighted by molar-refractivity contribution is 5.29. The van der Waals surface area contributed by atoms with Crippen LogP contribution in [0.3, 0.4) is 0 Å². The molecule has 2 aromatic rings. The number of hydrogen-bond donors (Lipinski definition) is 2. The van der Waals surface area contributed by atoms with E-state index in [2.05, 4.69) is 11.1 Å². The summed E-state index contributed by atoms with van der Waals surface area (Å²) in [5, 5.41) is 9.26. The molecule has 0 bridgehead atoms. The van der Waals surface area contributed by atoms with Crippen molar-refractivity contribution in [3.63, 3.8) is 0 Å². The zero-order valence-electron chi connectivity index (χ0n) is 9.58. The Morgan fingerprint density at radius 2 is 1.94 bits per heavy atom. The summed E-state index contributed by atoms with van der Waals surface area (Å²) in [5.74, 6) is 0.547. The van der Waals surface area contributed by atoms with Crippen molar-refractivity contribution in [2.24, 2.45) is 5.73 Å². The summed E-state index contributed by atoms with van der Waals surface area (Å²) in [6, 6.07) is 11.2. The van der Waals surface area contributed by atoms with Crippen molar-refractivity contribution in [1.82, 2.24) is 4.98 Å². The molecule has 3 N–H and O–H groups in total. The zero-order valence-corrected chi connectivity index (χ0v) is 9.58. The van der Waals surface area contributed by atoms with Gasteiger partial charge in [0.05, 0.1) is 0 Å². The highest BCUT2D eigenvalue weighted by Gasteiger charge is 2.10. The van der Waals surface area contributed by atoms with E-state index in [1.807, 2.05) is 24.4 Å². The van der Waals surface area contributed by atoms with Crippen LogP contribution in [0, 0.1) is 0 Å². The highest BCUT2D eigenvalue weighted by Crippen LogP contribution is 2.21. The maximum atomic E-state index is 9.26. The molecule has 1 heterocycles. The van der Waals surface area contributed by atoms with Crippen LogP contribution in [0.4, 0.5) is 0 Å². The summed E-state index contributed by atoms with van der Waals surface area (Å²) in [5.41, 5.74) is 8.13. The summed E-state index contributed by atoms with van der Waals surface area (Å²) in [6.45, 7) is 0.583. The van der Waals surface area contributed by atoms with Crippen molar-refractivity contribution in [3.8, 4) is 5.75 Å². The lowest BCUT2D eigenvalue weighted by molar-refractivity contribution is 0.475. The maximum absolute atomic E-state index is 9.26. The fraction of sp³-hybridized carbons (Fsp3) is 0.214. The molecule has 0 aliphatic rings. The third-order valence-electron chi connectivity index (χ3n) is 2.85. The third kappa shape index (κ3) is 3.04. The second-order valence-electron chi connectivity index (χ2n) is 4.09. The van der Waals surface area contributed by atoms with Crippen LogP contribution < -0.4 is 5.73 Å². The van der Waals surface area contributed by atoms with Gasteiger partial charge in [-0.05, 0) is 42.3 Å². The average molecular weight is 228 g/mol. The topological polar surface area (TPSA) is 59.1 Å². The lowest BCUT2D eigenvalue weighted by atomic mass is 9.93. The minimum Gasteiger partial charge on any atom is -0.508 e. The van der Waals surface area contributed by atoms with E-state index in [9.17, 15) is 5.11 Å². The van der Waals surface area contributed by atoms with Crippen LogP contribution in [0.2, 0.25) is 0 Å². The lowest BCUT2D eigenvalue weighted by Crippen LogP contribution is -2.15. The molecular formula is C14H16N2O. The van der Waals surface area contributed by atoms with Crippen molar-refractivity contribution in [3.05, 3.63) is 59.9 Å². The summed E-state index contributed by atoms with van der Waals surface area (Å²) >= 11 is 0. The van der Waals surface area contributed by atoms with E-state index in [1.54, 1.807) is 18.3 Å². The Hall–Kier alpha value is -1.87. The predicted octanol–water partition coefficient (Wildman–Crippen LogP) is 2.07. The van der Waals surface area contributed by atoms with Crippen molar-refractivity contribution in [2.45, 2.75) is 12.3 Å². The van der Waals surface area contributed by atoms with Gasteiger partial charge in [0.2, 0.25) is 0 Å². The molecule has 0 aliphatic carbocycles. The number of pyridine rings is 1. The van der Waals surface area contributed by atoms with E-state index >= 15 is 0 Å². The standard InChI is InChI=1S/C14H16N2O/c15-9-13(8-11-2-1-7-16-10-11)12-3-5-14(17)6-4-12/h1-7,10,13,17H,8-9,15H2. The summed E-state index contributed by atoms with van der Waals surface area (Å²) in [6.07, 6.45) is 4.50. The van der Waals surface area contributed by atoms with Crippen LogP contribution in [0.1, 0.15) is 17.0 Å². The van der Waals surface area contributed by atoms with Gasteiger partial charge >= 0.3 is 0 Å². The Kier molecular flexibility index (Phi) is 3.73. The fourth-order valence-electron chi connectivity index (χ4n) is 1.89. The van der Waals surface area contributed by atoms with Crippen LogP contribution in [-0.4, -0.2) is 16.6 Å². The second-order valence-corrected chi connectivity index (χ2v) is 4.09.